The van der Waals surface area contributed by atoms with Crippen molar-refractivity contribution in [2.45, 2.75) is 30.6 Å². The first-order chi connectivity index (χ1) is 5.21. The molecule has 0 radical (unpaired) electrons. The molecule has 0 bridgehead atoms. The molecule has 0 aromatic carbocycles. The van der Waals surface area contributed by atoms with Crippen molar-refractivity contribution in [2.24, 2.45) is 0 Å². The lowest BCUT2D eigenvalue weighted by atomic mass is 9.98. The van der Waals surface area contributed by atoms with Crippen LogP contribution in [0.5, 0.6) is 0 Å². The van der Waals surface area contributed by atoms with Gasteiger partial charge in [-0.05, 0) is 19.3 Å². The van der Waals surface area contributed by atoms with Gasteiger partial charge in [0.25, 0.3) is 0 Å². The summed E-state index contributed by atoms with van der Waals surface area (Å²) in [6.45, 7) is 0. The van der Waals surface area contributed by atoms with Crippen molar-refractivity contribution in [1.29, 1.82) is 0 Å². The summed E-state index contributed by atoms with van der Waals surface area (Å²) in [5.41, 5.74) is 0. The molecule has 0 aromatic heterocycles. The molecule has 1 fully saturated rings. The summed E-state index contributed by atoms with van der Waals surface area (Å²) in [5.74, 6) is 0. The first-order valence-corrected chi connectivity index (χ1v) is 6.85. The molecule has 0 aliphatic heterocycles. The quantitative estimate of drug-likeness (QED) is 0.472. The summed E-state index contributed by atoms with van der Waals surface area (Å²) in [5, 5.41) is 0. The SMILES string of the molecule is ClC1(Cl)CCCC(Br)(Br)[C@@]1(Cl)Br. The molecule has 1 saturated carbocycles. The summed E-state index contributed by atoms with van der Waals surface area (Å²) in [6.07, 6.45) is 2.50. The molecule has 0 heterocycles. The predicted molar refractivity (Wildman–Crippen MR) is 66.4 cm³/mol. The predicted octanol–water partition coefficient (Wildman–Crippen LogP) is 5.16. The average molecular weight is 424 g/mol. The van der Waals surface area contributed by atoms with E-state index in [4.69, 9.17) is 34.8 Å². The van der Waals surface area contributed by atoms with Crippen LogP contribution in [0.15, 0.2) is 0 Å². The molecule has 0 nitrogen and oxygen atoms in total. The number of rotatable bonds is 0. The van der Waals surface area contributed by atoms with Gasteiger partial charge >= 0.3 is 0 Å². The van der Waals surface area contributed by atoms with Gasteiger partial charge in [-0.25, -0.2) is 0 Å². The van der Waals surface area contributed by atoms with Gasteiger partial charge in [-0.15, -0.1) is 11.6 Å². The summed E-state index contributed by atoms with van der Waals surface area (Å²) < 4.78 is -2.29. The van der Waals surface area contributed by atoms with E-state index in [2.05, 4.69) is 47.8 Å². The van der Waals surface area contributed by atoms with Crippen molar-refractivity contribution in [3.8, 4) is 0 Å². The van der Waals surface area contributed by atoms with Crippen molar-refractivity contribution >= 4 is 82.6 Å². The molecule has 0 N–H and O–H groups in total. The van der Waals surface area contributed by atoms with Crippen LogP contribution in [0.1, 0.15) is 19.3 Å². The minimum Gasteiger partial charge on any atom is -0.101 e. The van der Waals surface area contributed by atoms with Crippen molar-refractivity contribution < 1.29 is 0 Å². The number of hydrogen-bond donors (Lipinski definition) is 0. The molecule has 1 rings (SSSR count). The lowest BCUT2D eigenvalue weighted by Crippen LogP contribution is -2.51. The maximum absolute atomic E-state index is 6.21. The van der Waals surface area contributed by atoms with Gasteiger partial charge in [0.05, 0.1) is 0 Å². The Kier molecular flexibility index (Phi) is 3.83. The highest BCUT2D eigenvalue weighted by Gasteiger charge is 2.60. The van der Waals surface area contributed by atoms with Gasteiger partial charge in [-0.1, -0.05) is 71.0 Å². The summed E-state index contributed by atoms with van der Waals surface area (Å²) >= 11 is 28.6. The second kappa shape index (κ2) is 3.71. The van der Waals surface area contributed by atoms with Crippen LogP contribution in [0, 0.1) is 0 Å². The number of alkyl halides is 6. The van der Waals surface area contributed by atoms with Crippen molar-refractivity contribution in [1.82, 2.24) is 0 Å². The minimum atomic E-state index is -0.959. The normalized spacial score (nSPS) is 39.5. The second-order valence-corrected chi connectivity index (χ2v) is 10.3. The topological polar surface area (TPSA) is 0 Å². The van der Waals surface area contributed by atoms with Crippen LogP contribution in [-0.4, -0.2) is 11.4 Å². The third kappa shape index (κ3) is 1.96. The fraction of sp³-hybridized carbons (Fsp3) is 1.00. The van der Waals surface area contributed by atoms with E-state index in [1.165, 1.54) is 0 Å². The highest BCUT2D eigenvalue weighted by atomic mass is 79.9. The first-order valence-electron chi connectivity index (χ1n) is 3.34. The molecule has 1 aliphatic carbocycles. The zero-order chi connectivity index (χ0) is 9.62. The molecule has 0 spiro atoms. The van der Waals surface area contributed by atoms with Gasteiger partial charge in [0.1, 0.15) is 7.57 Å². The van der Waals surface area contributed by atoms with Gasteiger partial charge in [0, 0.05) is 0 Å². The van der Waals surface area contributed by atoms with E-state index in [1.54, 1.807) is 0 Å². The Bertz CT molecular complexity index is 172. The largest absolute Gasteiger partial charge is 0.157 e. The van der Waals surface area contributed by atoms with E-state index in [1.807, 2.05) is 0 Å². The molecule has 72 valence electrons. The fourth-order valence-corrected chi connectivity index (χ4v) is 3.98. The van der Waals surface area contributed by atoms with Crippen LogP contribution in [0.3, 0.4) is 0 Å². The van der Waals surface area contributed by atoms with E-state index in [0.29, 0.717) is 6.42 Å². The molecule has 1 atom stereocenters. The van der Waals surface area contributed by atoms with Gasteiger partial charge in [-0.2, -0.15) is 0 Å². The van der Waals surface area contributed by atoms with Crippen molar-refractivity contribution in [3.05, 3.63) is 0 Å². The van der Waals surface area contributed by atoms with E-state index < -0.39 is 11.4 Å². The first kappa shape index (κ1) is 12.4. The van der Waals surface area contributed by atoms with E-state index >= 15 is 0 Å². The van der Waals surface area contributed by atoms with E-state index in [0.717, 1.165) is 12.8 Å². The highest BCUT2D eigenvalue weighted by Crippen LogP contribution is 2.63. The lowest BCUT2D eigenvalue weighted by Gasteiger charge is -2.46. The Morgan fingerprint density at radius 1 is 0.917 bits per heavy atom. The Labute approximate surface area is 112 Å². The molecular formula is C6H6Br3Cl3. The molecule has 12 heavy (non-hydrogen) atoms. The fourth-order valence-electron chi connectivity index (χ4n) is 1.11. The maximum Gasteiger partial charge on any atom is 0.157 e. The Morgan fingerprint density at radius 3 is 1.75 bits per heavy atom. The Morgan fingerprint density at radius 2 is 1.42 bits per heavy atom. The maximum atomic E-state index is 6.21. The summed E-state index contributed by atoms with van der Waals surface area (Å²) in [4.78, 5) is 0. The van der Waals surface area contributed by atoms with Gasteiger partial charge in [0.15, 0.2) is 3.78 Å². The third-order valence-electron chi connectivity index (χ3n) is 1.90. The molecule has 0 unspecified atom stereocenters. The summed E-state index contributed by atoms with van der Waals surface area (Å²) in [6, 6.07) is 0. The van der Waals surface area contributed by atoms with Crippen LogP contribution in [0.4, 0.5) is 0 Å². The third-order valence-corrected chi connectivity index (χ3v) is 9.00. The number of hydrogen-bond acceptors (Lipinski definition) is 0. The van der Waals surface area contributed by atoms with Crippen LogP contribution in [0.25, 0.3) is 0 Å². The monoisotopic (exact) mass is 420 g/mol. The highest BCUT2D eigenvalue weighted by molar-refractivity contribution is 9.26. The van der Waals surface area contributed by atoms with Gasteiger partial charge in [0.2, 0.25) is 0 Å². The average Bonchev–Trinajstić information content (AvgIpc) is 1.83. The Hall–Kier alpha value is 2.31. The molecular weight excluding hydrogens is 418 g/mol. The molecule has 6 heteroatoms. The van der Waals surface area contributed by atoms with Crippen LogP contribution < -0.4 is 0 Å². The lowest BCUT2D eigenvalue weighted by molar-refractivity contribution is 0.464. The van der Waals surface area contributed by atoms with Crippen LogP contribution in [-0.2, 0) is 0 Å². The van der Waals surface area contributed by atoms with Crippen molar-refractivity contribution in [3.63, 3.8) is 0 Å². The van der Waals surface area contributed by atoms with E-state index in [9.17, 15) is 0 Å². The molecule has 0 aromatic rings. The van der Waals surface area contributed by atoms with Gasteiger partial charge < -0.3 is 0 Å². The zero-order valence-electron chi connectivity index (χ0n) is 5.89. The number of halogens is 6. The zero-order valence-corrected chi connectivity index (χ0v) is 12.9. The minimum absolute atomic E-state index is 0.448. The van der Waals surface area contributed by atoms with Crippen molar-refractivity contribution in [2.75, 3.05) is 0 Å². The molecule has 0 saturated heterocycles. The Balaban J connectivity index is 2.99. The van der Waals surface area contributed by atoms with E-state index in [-0.39, 0.29) is 0 Å². The molecule has 0 amide bonds. The standard InChI is InChI=1S/C6H6Br3Cl3/c7-4(8)2-1-3-5(10,11)6(4,9)12/h1-3H2/t6-/m0/s1. The van der Waals surface area contributed by atoms with Gasteiger partial charge in [-0.3, -0.25) is 0 Å². The van der Waals surface area contributed by atoms with Crippen LogP contribution >= 0.6 is 82.6 Å². The molecule has 1 aliphatic rings. The summed E-state index contributed by atoms with van der Waals surface area (Å²) in [7, 11) is 0. The van der Waals surface area contributed by atoms with Crippen LogP contribution in [0.2, 0.25) is 0 Å². The smallest absolute Gasteiger partial charge is 0.101 e. The second-order valence-electron chi connectivity index (χ2n) is 2.84.